The number of imidazole rings is 1. The van der Waals surface area contributed by atoms with Crippen molar-refractivity contribution in [3.63, 3.8) is 0 Å². The number of rotatable bonds is 4. The molecule has 17 heavy (non-hydrogen) atoms. The molecule has 0 amide bonds. The summed E-state index contributed by atoms with van der Waals surface area (Å²) in [4.78, 5) is 4.28. The Labute approximate surface area is 100 Å². The predicted octanol–water partition coefficient (Wildman–Crippen LogP) is 3.07. The van der Waals surface area contributed by atoms with Crippen molar-refractivity contribution < 1.29 is 4.39 Å². The first-order valence-electron chi connectivity index (χ1n) is 5.79. The van der Waals surface area contributed by atoms with Crippen LogP contribution in [-0.4, -0.2) is 9.55 Å². The Morgan fingerprint density at radius 3 is 2.65 bits per heavy atom. The topological polar surface area (TPSA) is 43.8 Å². The molecule has 0 aliphatic rings. The number of nitrogens with zero attached hydrogens (tertiary/aromatic N) is 2. The van der Waals surface area contributed by atoms with Gasteiger partial charge in [0.2, 0.25) is 0 Å². The van der Waals surface area contributed by atoms with E-state index >= 15 is 0 Å². The molecule has 3 nitrogen and oxygen atoms in total. The average Bonchev–Trinajstić information content (AvgIpc) is 2.69. The lowest BCUT2D eigenvalue weighted by Crippen LogP contribution is -2.01. The largest absolute Gasteiger partial charge is 0.383 e. The number of anilines is 1. The molecule has 0 bridgehead atoms. The standard InChI is InChI=1S/C13H16FN3/c1-2-3-8-17-9-16-12(13(17)15)10-4-6-11(14)7-5-10/h4-7,9H,2-3,8,15H2,1H3. The van der Waals surface area contributed by atoms with Gasteiger partial charge >= 0.3 is 0 Å². The SMILES string of the molecule is CCCCn1cnc(-c2ccc(F)cc2)c1N. The van der Waals surface area contributed by atoms with Gasteiger partial charge in [0.15, 0.2) is 0 Å². The maximum Gasteiger partial charge on any atom is 0.131 e. The Morgan fingerprint density at radius 1 is 1.29 bits per heavy atom. The van der Waals surface area contributed by atoms with Crippen molar-refractivity contribution in [3.05, 3.63) is 36.4 Å². The summed E-state index contributed by atoms with van der Waals surface area (Å²) in [7, 11) is 0. The molecular weight excluding hydrogens is 217 g/mol. The second-order valence-electron chi connectivity index (χ2n) is 4.03. The third kappa shape index (κ3) is 2.46. The van der Waals surface area contributed by atoms with Crippen LogP contribution in [0, 0.1) is 5.82 Å². The molecule has 0 saturated heterocycles. The van der Waals surface area contributed by atoms with E-state index in [9.17, 15) is 4.39 Å². The molecule has 1 aromatic carbocycles. The molecule has 0 atom stereocenters. The first kappa shape index (κ1) is 11.6. The van der Waals surface area contributed by atoms with Crippen molar-refractivity contribution in [3.8, 4) is 11.3 Å². The van der Waals surface area contributed by atoms with Gasteiger partial charge in [0.25, 0.3) is 0 Å². The molecule has 2 N–H and O–H groups in total. The van der Waals surface area contributed by atoms with Gasteiger partial charge in [0.1, 0.15) is 17.3 Å². The summed E-state index contributed by atoms with van der Waals surface area (Å²) in [6, 6.07) is 6.22. The number of aromatic nitrogens is 2. The number of halogens is 1. The fraction of sp³-hybridized carbons (Fsp3) is 0.308. The van der Waals surface area contributed by atoms with Crippen LogP contribution in [0.4, 0.5) is 10.2 Å². The first-order valence-corrected chi connectivity index (χ1v) is 5.79. The van der Waals surface area contributed by atoms with Gasteiger partial charge in [-0.3, -0.25) is 0 Å². The minimum atomic E-state index is -0.252. The summed E-state index contributed by atoms with van der Waals surface area (Å²) < 4.78 is 14.8. The molecule has 1 heterocycles. The van der Waals surface area contributed by atoms with Gasteiger partial charge < -0.3 is 10.3 Å². The molecule has 0 radical (unpaired) electrons. The summed E-state index contributed by atoms with van der Waals surface area (Å²) in [5.74, 6) is 0.391. The van der Waals surface area contributed by atoms with Gasteiger partial charge in [0.05, 0.1) is 6.33 Å². The highest BCUT2D eigenvalue weighted by atomic mass is 19.1. The lowest BCUT2D eigenvalue weighted by atomic mass is 10.1. The number of nitrogens with two attached hydrogens (primary N) is 1. The highest BCUT2D eigenvalue weighted by Crippen LogP contribution is 2.24. The Morgan fingerprint density at radius 2 is 2.00 bits per heavy atom. The number of hydrogen-bond donors (Lipinski definition) is 1. The van der Waals surface area contributed by atoms with E-state index in [0.717, 1.165) is 30.6 Å². The Balaban J connectivity index is 2.27. The van der Waals surface area contributed by atoms with E-state index in [4.69, 9.17) is 5.73 Å². The van der Waals surface area contributed by atoms with Crippen LogP contribution in [-0.2, 0) is 6.54 Å². The number of aryl methyl sites for hydroxylation is 1. The number of nitrogen functional groups attached to an aromatic ring is 1. The Hall–Kier alpha value is -1.84. The molecule has 0 aliphatic carbocycles. The van der Waals surface area contributed by atoms with Crippen LogP contribution in [0.5, 0.6) is 0 Å². The normalized spacial score (nSPS) is 10.7. The minimum Gasteiger partial charge on any atom is -0.383 e. The maximum absolute atomic E-state index is 12.8. The van der Waals surface area contributed by atoms with Crippen LogP contribution in [0.2, 0.25) is 0 Å². The molecule has 90 valence electrons. The quantitative estimate of drug-likeness (QED) is 0.882. The van der Waals surface area contributed by atoms with Gasteiger partial charge in [-0.25, -0.2) is 9.37 Å². The molecule has 0 unspecified atom stereocenters. The molecular formula is C13H16FN3. The van der Waals surface area contributed by atoms with Crippen molar-refractivity contribution in [2.75, 3.05) is 5.73 Å². The van der Waals surface area contributed by atoms with Crippen LogP contribution in [0.1, 0.15) is 19.8 Å². The second kappa shape index (κ2) is 4.99. The smallest absolute Gasteiger partial charge is 0.131 e. The highest BCUT2D eigenvalue weighted by molar-refractivity contribution is 5.70. The Kier molecular flexibility index (Phi) is 3.42. The lowest BCUT2D eigenvalue weighted by Gasteiger charge is -2.04. The van der Waals surface area contributed by atoms with Gasteiger partial charge in [0, 0.05) is 12.1 Å². The molecule has 2 aromatic rings. The Bertz CT molecular complexity index is 488. The number of hydrogen-bond acceptors (Lipinski definition) is 2. The van der Waals surface area contributed by atoms with Gasteiger partial charge in [-0.05, 0) is 30.7 Å². The van der Waals surface area contributed by atoms with E-state index in [0.29, 0.717) is 5.82 Å². The minimum absolute atomic E-state index is 0.252. The second-order valence-corrected chi connectivity index (χ2v) is 4.03. The van der Waals surface area contributed by atoms with Crippen molar-refractivity contribution in [2.45, 2.75) is 26.3 Å². The zero-order valence-corrected chi connectivity index (χ0v) is 9.86. The molecule has 4 heteroatoms. The van der Waals surface area contributed by atoms with Gasteiger partial charge in [-0.15, -0.1) is 0 Å². The van der Waals surface area contributed by atoms with Crippen LogP contribution in [0.3, 0.4) is 0 Å². The predicted molar refractivity (Wildman–Crippen MR) is 66.9 cm³/mol. The molecule has 0 fully saturated rings. The molecule has 2 rings (SSSR count). The lowest BCUT2D eigenvalue weighted by molar-refractivity contribution is 0.628. The van der Waals surface area contributed by atoms with E-state index in [-0.39, 0.29) is 5.82 Å². The summed E-state index contributed by atoms with van der Waals surface area (Å²) in [6.07, 6.45) is 3.93. The van der Waals surface area contributed by atoms with Crippen molar-refractivity contribution >= 4 is 5.82 Å². The summed E-state index contributed by atoms with van der Waals surface area (Å²) in [6.45, 7) is 3.00. The first-order chi connectivity index (χ1) is 8.22. The third-order valence-electron chi connectivity index (χ3n) is 2.75. The van der Waals surface area contributed by atoms with Crippen LogP contribution in [0.15, 0.2) is 30.6 Å². The van der Waals surface area contributed by atoms with Crippen LogP contribution in [0.25, 0.3) is 11.3 Å². The van der Waals surface area contributed by atoms with Crippen molar-refractivity contribution in [1.29, 1.82) is 0 Å². The number of benzene rings is 1. The summed E-state index contributed by atoms with van der Waals surface area (Å²) >= 11 is 0. The van der Waals surface area contributed by atoms with Crippen molar-refractivity contribution in [2.24, 2.45) is 0 Å². The molecule has 0 aliphatic heterocycles. The number of unbranched alkanes of at least 4 members (excludes halogenated alkanes) is 1. The average molecular weight is 233 g/mol. The van der Waals surface area contributed by atoms with Gasteiger partial charge in [-0.1, -0.05) is 13.3 Å². The van der Waals surface area contributed by atoms with Crippen molar-refractivity contribution in [1.82, 2.24) is 9.55 Å². The molecule has 0 spiro atoms. The summed E-state index contributed by atoms with van der Waals surface area (Å²) in [5.41, 5.74) is 7.59. The van der Waals surface area contributed by atoms with Crippen LogP contribution >= 0.6 is 0 Å². The third-order valence-corrected chi connectivity index (χ3v) is 2.75. The fourth-order valence-electron chi connectivity index (χ4n) is 1.73. The monoisotopic (exact) mass is 233 g/mol. The van der Waals surface area contributed by atoms with E-state index in [2.05, 4.69) is 11.9 Å². The molecule has 1 aromatic heterocycles. The van der Waals surface area contributed by atoms with E-state index in [1.807, 2.05) is 4.57 Å². The maximum atomic E-state index is 12.8. The highest BCUT2D eigenvalue weighted by Gasteiger charge is 2.09. The fourth-order valence-corrected chi connectivity index (χ4v) is 1.73. The molecule has 0 saturated carbocycles. The van der Waals surface area contributed by atoms with E-state index < -0.39 is 0 Å². The zero-order valence-electron chi connectivity index (χ0n) is 9.86. The summed E-state index contributed by atoms with van der Waals surface area (Å²) in [5, 5.41) is 0. The zero-order chi connectivity index (χ0) is 12.3. The van der Waals surface area contributed by atoms with E-state index in [1.54, 1.807) is 18.5 Å². The van der Waals surface area contributed by atoms with E-state index in [1.165, 1.54) is 12.1 Å². The van der Waals surface area contributed by atoms with Crippen LogP contribution < -0.4 is 5.73 Å². The van der Waals surface area contributed by atoms with Gasteiger partial charge in [-0.2, -0.15) is 0 Å².